The Kier molecular flexibility index (Phi) is 10.7. The highest BCUT2D eigenvalue weighted by molar-refractivity contribution is 7.90. The van der Waals surface area contributed by atoms with E-state index in [-0.39, 0.29) is 46.8 Å². The minimum atomic E-state index is -3.44. The summed E-state index contributed by atoms with van der Waals surface area (Å²) in [5.41, 5.74) is 6.89. The summed E-state index contributed by atoms with van der Waals surface area (Å²) in [6.07, 6.45) is 0.905. The standard InChI is InChI=1S/C30H31N3O10S/c1-18(35)32(17-19-7-10-22(11-8-19)44(2,42)43)27(36)24(31)16-20-9-12-25(21(15-20)13-14-34)33(28(37)30(40)41)26-6-4-3-5-23(26)29(38)39/h3-12,15,24,34H,13-14,16-17,31H2,1-2H3,(H,38,39)(H,40,41). The number of aromatic carboxylic acids is 1. The molecule has 0 aliphatic carbocycles. The lowest BCUT2D eigenvalue weighted by Crippen LogP contribution is -2.46. The minimum absolute atomic E-state index is 0.00620. The van der Waals surface area contributed by atoms with Gasteiger partial charge in [0, 0.05) is 19.8 Å². The number of nitrogens with zero attached hydrogens (tertiary/aromatic N) is 2. The molecule has 0 bridgehead atoms. The second-order valence-corrected chi connectivity index (χ2v) is 11.9. The number of carbonyl (C=O) groups is 5. The molecule has 0 heterocycles. The molecular formula is C30H31N3O10S. The zero-order valence-electron chi connectivity index (χ0n) is 23.8. The number of imide groups is 1. The van der Waals surface area contributed by atoms with Crippen LogP contribution in [0.25, 0.3) is 0 Å². The summed E-state index contributed by atoms with van der Waals surface area (Å²) in [7, 11) is -3.44. The maximum atomic E-state index is 13.2. The van der Waals surface area contributed by atoms with Gasteiger partial charge in [-0.05, 0) is 59.9 Å². The molecule has 0 radical (unpaired) electrons. The van der Waals surface area contributed by atoms with E-state index < -0.39 is 52.1 Å². The molecule has 0 aliphatic heterocycles. The quantitative estimate of drug-likeness (QED) is 0.224. The smallest absolute Gasteiger partial charge is 0.395 e. The molecule has 3 rings (SSSR count). The predicted octanol–water partition coefficient (Wildman–Crippen LogP) is 1.52. The van der Waals surface area contributed by atoms with Crippen molar-refractivity contribution in [3.05, 3.63) is 89.0 Å². The summed E-state index contributed by atoms with van der Waals surface area (Å²) in [6, 6.07) is 14.2. The van der Waals surface area contributed by atoms with Crippen LogP contribution in [0.2, 0.25) is 0 Å². The number of aliphatic hydroxyl groups is 1. The van der Waals surface area contributed by atoms with Gasteiger partial charge < -0.3 is 21.1 Å². The van der Waals surface area contributed by atoms with Crippen molar-refractivity contribution in [2.45, 2.75) is 37.2 Å². The Morgan fingerprint density at radius 2 is 1.50 bits per heavy atom. The summed E-state index contributed by atoms with van der Waals surface area (Å²) in [4.78, 5) is 63.7. The molecule has 0 saturated carbocycles. The Balaban J connectivity index is 1.93. The maximum absolute atomic E-state index is 13.2. The molecule has 0 aliphatic rings. The Morgan fingerprint density at radius 3 is 2.05 bits per heavy atom. The van der Waals surface area contributed by atoms with Crippen LogP contribution >= 0.6 is 0 Å². The van der Waals surface area contributed by atoms with Crippen molar-refractivity contribution in [2.24, 2.45) is 5.73 Å². The van der Waals surface area contributed by atoms with Crippen molar-refractivity contribution in [1.29, 1.82) is 0 Å². The fourth-order valence-corrected chi connectivity index (χ4v) is 5.14. The number of carboxylic acids is 2. The Bertz CT molecular complexity index is 1700. The number of sulfone groups is 1. The average Bonchev–Trinajstić information content (AvgIpc) is 2.96. The van der Waals surface area contributed by atoms with Crippen LogP contribution in [0.1, 0.15) is 34.0 Å². The number of rotatable bonds is 11. The van der Waals surface area contributed by atoms with E-state index >= 15 is 0 Å². The van der Waals surface area contributed by atoms with Crippen molar-refractivity contribution in [3.63, 3.8) is 0 Å². The highest BCUT2D eigenvalue weighted by atomic mass is 32.2. The molecule has 5 N–H and O–H groups in total. The molecule has 232 valence electrons. The number of carboxylic acid groups (broad SMARTS) is 2. The topological polar surface area (TPSA) is 213 Å². The van der Waals surface area contributed by atoms with Crippen LogP contribution in [0.3, 0.4) is 0 Å². The van der Waals surface area contributed by atoms with Crippen molar-refractivity contribution in [3.8, 4) is 0 Å². The van der Waals surface area contributed by atoms with Crippen LogP contribution in [0, 0.1) is 0 Å². The molecule has 0 spiro atoms. The highest BCUT2D eigenvalue weighted by Gasteiger charge is 2.30. The monoisotopic (exact) mass is 625 g/mol. The van der Waals surface area contributed by atoms with Crippen molar-refractivity contribution >= 4 is 50.9 Å². The van der Waals surface area contributed by atoms with Gasteiger partial charge in [-0.25, -0.2) is 18.0 Å². The van der Waals surface area contributed by atoms with Gasteiger partial charge in [0.2, 0.25) is 11.8 Å². The number of carbonyl (C=O) groups excluding carboxylic acids is 3. The van der Waals surface area contributed by atoms with Gasteiger partial charge in [0.15, 0.2) is 9.84 Å². The van der Waals surface area contributed by atoms with E-state index in [0.29, 0.717) is 11.1 Å². The zero-order chi connectivity index (χ0) is 32.8. The number of hydrogen-bond donors (Lipinski definition) is 4. The Labute approximate surface area is 253 Å². The summed E-state index contributed by atoms with van der Waals surface area (Å²) >= 11 is 0. The van der Waals surface area contributed by atoms with Crippen LogP contribution in [-0.2, 0) is 48.4 Å². The zero-order valence-corrected chi connectivity index (χ0v) is 24.7. The molecule has 0 aromatic heterocycles. The number of hydrogen-bond acceptors (Lipinski definition) is 9. The van der Waals surface area contributed by atoms with Crippen LogP contribution in [0.4, 0.5) is 11.4 Å². The molecular weight excluding hydrogens is 594 g/mol. The van der Waals surface area contributed by atoms with Crippen LogP contribution in [-0.4, -0.2) is 77.2 Å². The minimum Gasteiger partial charge on any atom is -0.478 e. The van der Waals surface area contributed by atoms with E-state index in [2.05, 4.69) is 0 Å². The number of benzene rings is 3. The first-order valence-electron chi connectivity index (χ1n) is 13.1. The van der Waals surface area contributed by atoms with Gasteiger partial charge in [-0.15, -0.1) is 0 Å². The molecule has 1 atom stereocenters. The number of aliphatic hydroxyl groups excluding tert-OH is 1. The van der Waals surface area contributed by atoms with Gasteiger partial charge in [0.1, 0.15) is 0 Å². The van der Waals surface area contributed by atoms with E-state index in [1.54, 1.807) is 0 Å². The van der Waals surface area contributed by atoms with E-state index in [1.807, 2.05) is 0 Å². The molecule has 44 heavy (non-hydrogen) atoms. The summed E-state index contributed by atoms with van der Waals surface area (Å²) in [5, 5.41) is 28.9. The van der Waals surface area contributed by atoms with Gasteiger partial charge in [-0.3, -0.25) is 24.2 Å². The number of nitrogens with two attached hydrogens (primary N) is 1. The fraction of sp³-hybridized carbons (Fsp3) is 0.233. The molecule has 0 fully saturated rings. The average molecular weight is 626 g/mol. The second kappa shape index (κ2) is 14.0. The van der Waals surface area contributed by atoms with Gasteiger partial charge in [-0.1, -0.05) is 36.4 Å². The number of aliphatic carboxylic acids is 1. The number of amides is 3. The van der Waals surface area contributed by atoms with Gasteiger partial charge in [-0.2, -0.15) is 0 Å². The van der Waals surface area contributed by atoms with Gasteiger partial charge in [0.05, 0.1) is 34.4 Å². The van der Waals surface area contributed by atoms with Crippen molar-refractivity contribution in [2.75, 3.05) is 17.8 Å². The summed E-state index contributed by atoms with van der Waals surface area (Å²) < 4.78 is 23.5. The number of para-hydroxylation sites is 1. The van der Waals surface area contributed by atoms with Gasteiger partial charge in [0.25, 0.3) is 0 Å². The van der Waals surface area contributed by atoms with E-state index in [4.69, 9.17) is 5.73 Å². The van der Waals surface area contributed by atoms with Crippen LogP contribution in [0.15, 0.2) is 71.6 Å². The molecule has 0 saturated heterocycles. The first kappa shape index (κ1) is 33.6. The van der Waals surface area contributed by atoms with Crippen molar-refractivity contribution < 1.29 is 47.7 Å². The van der Waals surface area contributed by atoms with Crippen LogP contribution < -0.4 is 10.6 Å². The van der Waals surface area contributed by atoms with Gasteiger partial charge >= 0.3 is 17.8 Å². The largest absolute Gasteiger partial charge is 0.478 e. The summed E-state index contributed by atoms with van der Waals surface area (Å²) in [5.74, 6) is -5.97. The lowest BCUT2D eigenvalue weighted by Gasteiger charge is -2.26. The molecule has 1 unspecified atom stereocenters. The lowest BCUT2D eigenvalue weighted by molar-refractivity contribution is -0.148. The Hall–Kier alpha value is -4.92. The molecule has 14 heteroatoms. The fourth-order valence-electron chi connectivity index (χ4n) is 4.51. The van der Waals surface area contributed by atoms with E-state index in [9.17, 15) is 47.7 Å². The number of anilines is 2. The summed E-state index contributed by atoms with van der Waals surface area (Å²) in [6.45, 7) is 0.621. The maximum Gasteiger partial charge on any atom is 0.395 e. The first-order valence-corrected chi connectivity index (χ1v) is 15.0. The Morgan fingerprint density at radius 1 is 0.886 bits per heavy atom. The lowest BCUT2D eigenvalue weighted by atomic mass is 9.98. The predicted molar refractivity (Wildman–Crippen MR) is 158 cm³/mol. The third-order valence-corrected chi connectivity index (χ3v) is 7.77. The van der Waals surface area contributed by atoms with Crippen molar-refractivity contribution in [1.82, 2.24) is 4.90 Å². The SMILES string of the molecule is CC(=O)N(Cc1ccc(S(C)(=O)=O)cc1)C(=O)C(N)Cc1ccc(N(C(=O)C(=O)O)c2ccccc2C(=O)O)c(CCO)c1. The van der Waals surface area contributed by atoms with Crippen LogP contribution in [0.5, 0.6) is 0 Å². The van der Waals surface area contributed by atoms with E-state index in [1.165, 1.54) is 73.7 Å². The third-order valence-electron chi connectivity index (χ3n) is 6.64. The molecule has 3 amide bonds. The highest BCUT2D eigenvalue weighted by Crippen LogP contribution is 2.33. The molecule has 13 nitrogen and oxygen atoms in total. The molecule has 3 aromatic rings. The second-order valence-electron chi connectivity index (χ2n) is 9.87. The van der Waals surface area contributed by atoms with E-state index in [0.717, 1.165) is 16.1 Å². The normalized spacial score (nSPS) is 11.8. The molecule has 3 aromatic carbocycles. The third kappa shape index (κ3) is 7.92. The first-order chi connectivity index (χ1) is 20.6.